The van der Waals surface area contributed by atoms with Crippen LogP contribution in [0.15, 0.2) is 30.5 Å². The molecule has 0 unspecified atom stereocenters. The van der Waals surface area contributed by atoms with Crippen molar-refractivity contribution in [2.75, 3.05) is 11.4 Å². The molecule has 1 aromatic heterocycles. The number of anilines is 1. The van der Waals surface area contributed by atoms with Crippen LogP contribution >= 0.6 is 22.9 Å². The van der Waals surface area contributed by atoms with E-state index in [-0.39, 0.29) is 11.8 Å². The van der Waals surface area contributed by atoms with Gasteiger partial charge >= 0.3 is 0 Å². The van der Waals surface area contributed by atoms with Crippen LogP contribution in [0.25, 0.3) is 0 Å². The molecule has 3 rings (SSSR count). The number of hydrogen-bond acceptors (Lipinski definition) is 3. The van der Waals surface area contributed by atoms with E-state index in [9.17, 15) is 4.79 Å². The van der Waals surface area contributed by atoms with Gasteiger partial charge in [-0.2, -0.15) is 0 Å². The number of carbonyl (C=O) groups is 1. The van der Waals surface area contributed by atoms with Crippen molar-refractivity contribution >= 4 is 34.0 Å². The van der Waals surface area contributed by atoms with Crippen LogP contribution in [0, 0.1) is 5.92 Å². The third-order valence-corrected chi connectivity index (χ3v) is 4.82. The van der Waals surface area contributed by atoms with Gasteiger partial charge in [0.2, 0.25) is 5.91 Å². The Labute approximate surface area is 127 Å². The van der Waals surface area contributed by atoms with Gasteiger partial charge in [0.05, 0.1) is 6.20 Å². The first kappa shape index (κ1) is 13.6. The van der Waals surface area contributed by atoms with Crippen LogP contribution in [0.1, 0.15) is 18.1 Å². The predicted octanol–water partition coefficient (Wildman–Crippen LogP) is 3.56. The Morgan fingerprint density at radius 2 is 2.05 bits per heavy atom. The van der Waals surface area contributed by atoms with Crippen LogP contribution in [0.5, 0.6) is 0 Å². The van der Waals surface area contributed by atoms with Crippen molar-refractivity contribution in [3.63, 3.8) is 0 Å². The van der Waals surface area contributed by atoms with Gasteiger partial charge in [-0.25, -0.2) is 4.98 Å². The number of benzene rings is 1. The van der Waals surface area contributed by atoms with Gasteiger partial charge in [-0.15, -0.1) is 0 Å². The molecule has 2 aromatic rings. The molecule has 1 aromatic carbocycles. The number of halogens is 1. The van der Waals surface area contributed by atoms with E-state index in [4.69, 9.17) is 11.6 Å². The fraction of sp³-hybridized carbons (Fsp3) is 0.333. The largest absolute Gasteiger partial charge is 0.288 e. The highest BCUT2D eigenvalue weighted by Crippen LogP contribution is 2.31. The first-order valence-corrected chi connectivity index (χ1v) is 7.88. The van der Waals surface area contributed by atoms with E-state index in [0.717, 1.165) is 12.8 Å². The lowest BCUT2D eigenvalue weighted by molar-refractivity contribution is -0.122. The number of aromatic nitrogens is 1. The number of rotatable bonds is 3. The third-order valence-electron chi connectivity index (χ3n) is 3.68. The second kappa shape index (κ2) is 5.54. The Bertz CT molecular complexity index is 615. The third kappa shape index (κ3) is 2.45. The maximum atomic E-state index is 12.7. The van der Waals surface area contributed by atoms with E-state index >= 15 is 0 Å². The summed E-state index contributed by atoms with van der Waals surface area (Å²) in [6.07, 6.45) is 3.25. The molecule has 0 spiro atoms. The number of thiazole rings is 1. The second-order valence-electron chi connectivity index (χ2n) is 4.90. The molecule has 0 aliphatic heterocycles. The summed E-state index contributed by atoms with van der Waals surface area (Å²) in [5.41, 5.74) is 2.58. The van der Waals surface area contributed by atoms with E-state index in [1.165, 1.54) is 22.5 Å². The Morgan fingerprint density at radius 3 is 2.55 bits per heavy atom. The number of nitrogens with zero attached hydrogens (tertiary/aromatic N) is 2. The minimum absolute atomic E-state index is 0.0232. The fourth-order valence-corrected chi connectivity index (χ4v) is 3.68. The number of carbonyl (C=O) groups excluding carboxylic acids is 1. The van der Waals surface area contributed by atoms with Crippen molar-refractivity contribution in [2.45, 2.75) is 19.8 Å². The van der Waals surface area contributed by atoms with Gasteiger partial charge in [0.25, 0.3) is 0 Å². The number of hydrogen-bond donors (Lipinski definition) is 0. The first-order valence-electron chi connectivity index (χ1n) is 6.68. The van der Waals surface area contributed by atoms with Gasteiger partial charge in [-0.05, 0) is 30.9 Å². The SMILES string of the molecule is CCN(C(=O)C1Cc2ccccc2C1)c1ncc(Cl)s1. The molecule has 1 heterocycles. The van der Waals surface area contributed by atoms with Crippen LogP contribution in [0.4, 0.5) is 5.13 Å². The normalized spacial score (nSPS) is 14.3. The molecular weight excluding hydrogens is 292 g/mol. The summed E-state index contributed by atoms with van der Waals surface area (Å²) < 4.78 is 0.612. The molecule has 3 nitrogen and oxygen atoms in total. The monoisotopic (exact) mass is 306 g/mol. The minimum atomic E-state index is 0.0232. The van der Waals surface area contributed by atoms with E-state index < -0.39 is 0 Å². The van der Waals surface area contributed by atoms with E-state index in [1.54, 1.807) is 11.1 Å². The molecule has 104 valence electrons. The summed E-state index contributed by atoms with van der Waals surface area (Å²) in [6.45, 7) is 2.59. The summed E-state index contributed by atoms with van der Waals surface area (Å²) in [6, 6.07) is 8.28. The first-order chi connectivity index (χ1) is 9.69. The second-order valence-corrected chi connectivity index (χ2v) is 6.54. The molecule has 5 heteroatoms. The lowest BCUT2D eigenvalue weighted by atomic mass is 10.1. The molecule has 0 atom stereocenters. The molecule has 0 radical (unpaired) electrons. The van der Waals surface area contributed by atoms with Crippen LogP contribution in [0.2, 0.25) is 4.34 Å². The molecular formula is C15H15ClN2OS. The summed E-state index contributed by atoms with van der Waals surface area (Å²) in [5, 5.41) is 0.693. The topological polar surface area (TPSA) is 33.2 Å². The molecule has 1 aliphatic carbocycles. The summed E-state index contributed by atoms with van der Waals surface area (Å²) in [7, 11) is 0. The van der Waals surface area contributed by atoms with Crippen molar-refractivity contribution in [2.24, 2.45) is 5.92 Å². The average molecular weight is 307 g/mol. The molecule has 0 saturated carbocycles. The predicted molar refractivity (Wildman–Crippen MR) is 82.5 cm³/mol. The maximum absolute atomic E-state index is 12.7. The summed E-state index contributed by atoms with van der Waals surface area (Å²) >= 11 is 7.27. The van der Waals surface area contributed by atoms with Gasteiger partial charge in [0.1, 0.15) is 4.34 Å². The zero-order valence-electron chi connectivity index (χ0n) is 11.2. The van der Waals surface area contributed by atoms with Crippen molar-refractivity contribution in [3.05, 3.63) is 45.9 Å². The molecule has 1 aliphatic rings. The van der Waals surface area contributed by atoms with Gasteiger partial charge in [-0.3, -0.25) is 9.69 Å². The van der Waals surface area contributed by atoms with Crippen LogP contribution < -0.4 is 4.90 Å². The Kier molecular flexibility index (Phi) is 3.76. The number of fused-ring (bicyclic) bond motifs is 1. The Morgan fingerprint density at radius 1 is 1.40 bits per heavy atom. The van der Waals surface area contributed by atoms with Gasteiger partial charge < -0.3 is 0 Å². The van der Waals surface area contributed by atoms with E-state index in [2.05, 4.69) is 17.1 Å². The fourth-order valence-electron chi connectivity index (χ4n) is 2.71. The maximum Gasteiger partial charge on any atom is 0.232 e. The van der Waals surface area contributed by atoms with E-state index in [0.29, 0.717) is 16.0 Å². The van der Waals surface area contributed by atoms with Gasteiger partial charge in [0.15, 0.2) is 5.13 Å². The average Bonchev–Trinajstić information content (AvgIpc) is 3.05. The highest BCUT2D eigenvalue weighted by Gasteiger charge is 2.31. The summed E-state index contributed by atoms with van der Waals surface area (Å²) in [4.78, 5) is 18.7. The Hall–Kier alpha value is -1.39. The van der Waals surface area contributed by atoms with Crippen molar-refractivity contribution in [3.8, 4) is 0 Å². The molecule has 0 N–H and O–H groups in total. The quantitative estimate of drug-likeness (QED) is 0.868. The van der Waals surface area contributed by atoms with Crippen molar-refractivity contribution in [1.82, 2.24) is 4.98 Å². The zero-order valence-corrected chi connectivity index (χ0v) is 12.7. The van der Waals surface area contributed by atoms with E-state index in [1.807, 2.05) is 19.1 Å². The van der Waals surface area contributed by atoms with Crippen LogP contribution in [-0.4, -0.2) is 17.4 Å². The minimum Gasteiger partial charge on any atom is -0.288 e. The lowest BCUT2D eigenvalue weighted by Crippen LogP contribution is -2.36. The van der Waals surface area contributed by atoms with Crippen LogP contribution in [0.3, 0.4) is 0 Å². The Balaban J connectivity index is 1.79. The molecule has 0 bridgehead atoms. The highest BCUT2D eigenvalue weighted by atomic mass is 35.5. The molecule has 0 fully saturated rings. The zero-order chi connectivity index (χ0) is 14.1. The molecule has 1 amide bonds. The summed E-state index contributed by atoms with van der Waals surface area (Å²) in [5.74, 6) is 0.171. The highest BCUT2D eigenvalue weighted by molar-refractivity contribution is 7.19. The lowest BCUT2D eigenvalue weighted by Gasteiger charge is -2.21. The standard InChI is InChI=1S/C15H15ClN2OS/c1-2-18(15-17-9-13(16)20-15)14(19)12-7-10-5-3-4-6-11(10)8-12/h3-6,9,12H,2,7-8H2,1H3. The number of amides is 1. The van der Waals surface area contributed by atoms with Crippen LogP contribution in [-0.2, 0) is 17.6 Å². The van der Waals surface area contributed by atoms with Crippen molar-refractivity contribution in [1.29, 1.82) is 0 Å². The smallest absolute Gasteiger partial charge is 0.232 e. The molecule has 0 saturated heterocycles. The molecule has 20 heavy (non-hydrogen) atoms. The van der Waals surface area contributed by atoms with Crippen molar-refractivity contribution < 1.29 is 4.79 Å². The van der Waals surface area contributed by atoms with Gasteiger partial charge in [-0.1, -0.05) is 47.2 Å². The van der Waals surface area contributed by atoms with Gasteiger partial charge in [0, 0.05) is 12.5 Å².